The van der Waals surface area contributed by atoms with E-state index in [1.165, 1.54) is 6.20 Å². The Morgan fingerprint density at radius 3 is 2.70 bits per heavy atom. The van der Waals surface area contributed by atoms with Gasteiger partial charge in [-0.15, -0.1) is 10.2 Å². The minimum absolute atomic E-state index is 0.00759. The molecule has 3 N–H and O–H groups in total. The Morgan fingerprint density at radius 2 is 1.91 bits per heavy atom. The zero-order valence-corrected chi connectivity index (χ0v) is 12.1. The monoisotopic (exact) mass is 307 g/mol. The van der Waals surface area contributed by atoms with Crippen LogP contribution < -0.4 is 5.73 Å². The van der Waals surface area contributed by atoms with Gasteiger partial charge in [0.15, 0.2) is 11.5 Å². The van der Waals surface area contributed by atoms with Crippen LogP contribution in [0.4, 0.5) is 5.82 Å². The fourth-order valence-corrected chi connectivity index (χ4v) is 1.84. The predicted molar refractivity (Wildman–Crippen MR) is 83.8 cm³/mol. The molecular formula is C16H13N5O2. The number of nitrogens with two attached hydrogens (primary N) is 1. The smallest absolute Gasteiger partial charge is 0.270 e. The van der Waals surface area contributed by atoms with Crippen molar-refractivity contribution in [3.63, 3.8) is 0 Å². The maximum absolute atomic E-state index is 8.74. The summed E-state index contributed by atoms with van der Waals surface area (Å²) in [6.07, 6.45) is 1.82. The second-order valence-electron chi connectivity index (χ2n) is 4.54. The topological polar surface area (TPSA) is 111 Å². The van der Waals surface area contributed by atoms with Gasteiger partial charge in [0.1, 0.15) is 5.69 Å². The van der Waals surface area contributed by atoms with E-state index in [0.717, 1.165) is 5.56 Å². The first kappa shape index (κ1) is 14.7. The maximum atomic E-state index is 8.74. The highest BCUT2D eigenvalue weighted by Crippen LogP contribution is 2.25. The normalized spacial score (nSPS) is 10.1. The standard InChI is InChI=1S/C16H13N5O2/c17-14-13(19-12(10-18-14)8-4-5-9-22)16-21-20-15(23-16)11-6-2-1-3-7-11/h1-3,6-7,10,22H,5,9H2,(H2,17,18). The van der Waals surface area contributed by atoms with Crippen molar-refractivity contribution in [1.29, 1.82) is 0 Å². The van der Waals surface area contributed by atoms with Crippen LogP contribution in [0.5, 0.6) is 0 Å². The number of rotatable bonds is 3. The van der Waals surface area contributed by atoms with Crippen molar-refractivity contribution in [3.05, 3.63) is 42.2 Å². The molecule has 0 bridgehead atoms. The number of nitrogen functional groups attached to an aromatic ring is 1. The molecule has 114 valence electrons. The fourth-order valence-electron chi connectivity index (χ4n) is 1.84. The maximum Gasteiger partial charge on any atom is 0.270 e. The molecule has 3 rings (SSSR count). The zero-order valence-electron chi connectivity index (χ0n) is 12.1. The van der Waals surface area contributed by atoms with Gasteiger partial charge in [-0.3, -0.25) is 0 Å². The minimum Gasteiger partial charge on any atom is -0.414 e. The van der Waals surface area contributed by atoms with Gasteiger partial charge in [0.05, 0.1) is 12.8 Å². The summed E-state index contributed by atoms with van der Waals surface area (Å²) in [6.45, 7) is -0.00759. The molecule has 7 heteroatoms. The summed E-state index contributed by atoms with van der Waals surface area (Å²) in [4.78, 5) is 8.32. The van der Waals surface area contributed by atoms with Crippen LogP contribution >= 0.6 is 0 Å². The highest BCUT2D eigenvalue weighted by Gasteiger charge is 2.15. The van der Waals surface area contributed by atoms with Crippen LogP contribution in [-0.4, -0.2) is 31.9 Å². The Morgan fingerprint density at radius 1 is 1.13 bits per heavy atom. The first-order valence-corrected chi connectivity index (χ1v) is 6.89. The highest BCUT2D eigenvalue weighted by molar-refractivity contribution is 5.64. The Kier molecular flexibility index (Phi) is 4.27. The largest absolute Gasteiger partial charge is 0.414 e. The van der Waals surface area contributed by atoms with E-state index in [1.54, 1.807) is 0 Å². The number of benzene rings is 1. The van der Waals surface area contributed by atoms with Gasteiger partial charge in [-0.25, -0.2) is 9.97 Å². The second kappa shape index (κ2) is 6.68. The van der Waals surface area contributed by atoms with E-state index in [-0.39, 0.29) is 24.0 Å². The van der Waals surface area contributed by atoms with E-state index < -0.39 is 0 Å². The molecule has 0 aliphatic carbocycles. The number of hydrogen-bond acceptors (Lipinski definition) is 7. The fraction of sp³-hybridized carbons (Fsp3) is 0.125. The van der Waals surface area contributed by atoms with Crippen LogP contribution in [0.3, 0.4) is 0 Å². The third-order valence-electron chi connectivity index (χ3n) is 2.90. The van der Waals surface area contributed by atoms with Crippen molar-refractivity contribution in [1.82, 2.24) is 20.2 Å². The van der Waals surface area contributed by atoms with Crippen molar-refractivity contribution in [2.24, 2.45) is 0 Å². The van der Waals surface area contributed by atoms with Crippen LogP contribution in [-0.2, 0) is 0 Å². The van der Waals surface area contributed by atoms with Crippen molar-refractivity contribution in [2.75, 3.05) is 12.3 Å². The number of anilines is 1. The van der Waals surface area contributed by atoms with Crippen molar-refractivity contribution in [2.45, 2.75) is 6.42 Å². The molecule has 0 aliphatic rings. The van der Waals surface area contributed by atoms with E-state index in [4.69, 9.17) is 15.3 Å². The molecule has 2 aromatic heterocycles. The third-order valence-corrected chi connectivity index (χ3v) is 2.90. The molecule has 0 spiro atoms. The Balaban J connectivity index is 1.94. The Labute approximate surface area is 132 Å². The molecule has 23 heavy (non-hydrogen) atoms. The number of aliphatic hydroxyl groups is 1. The van der Waals surface area contributed by atoms with E-state index >= 15 is 0 Å². The summed E-state index contributed by atoms with van der Waals surface area (Å²) in [5.74, 6) is 6.30. The van der Waals surface area contributed by atoms with E-state index in [0.29, 0.717) is 18.0 Å². The second-order valence-corrected chi connectivity index (χ2v) is 4.54. The Bertz CT molecular complexity index is 865. The molecule has 0 fully saturated rings. The van der Waals surface area contributed by atoms with Crippen molar-refractivity contribution in [3.8, 4) is 34.9 Å². The van der Waals surface area contributed by atoms with Crippen LogP contribution in [0.15, 0.2) is 40.9 Å². The molecule has 0 unspecified atom stereocenters. The van der Waals surface area contributed by atoms with E-state index in [1.807, 2.05) is 30.3 Å². The van der Waals surface area contributed by atoms with Gasteiger partial charge in [0.25, 0.3) is 5.89 Å². The van der Waals surface area contributed by atoms with Gasteiger partial charge in [0.2, 0.25) is 5.89 Å². The number of nitrogens with zero attached hydrogens (tertiary/aromatic N) is 4. The lowest BCUT2D eigenvalue weighted by molar-refractivity contribution is 0.305. The summed E-state index contributed by atoms with van der Waals surface area (Å²) in [7, 11) is 0. The van der Waals surface area contributed by atoms with Gasteiger partial charge >= 0.3 is 0 Å². The third kappa shape index (κ3) is 3.33. The first-order chi connectivity index (χ1) is 11.3. The quantitative estimate of drug-likeness (QED) is 0.705. The van der Waals surface area contributed by atoms with Crippen molar-refractivity contribution < 1.29 is 9.52 Å². The van der Waals surface area contributed by atoms with E-state index in [9.17, 15) is 0 Å². The van der Waals surface area contributed by atoms with Gasteiger partial charge in [-0.05, 0) is 18.1 Å². The molecule has 2 heterocycles. The summed E-state index contributed by atoms with van der Waals surface area (Å²) >= 11 is 0. The van der Waals surface area contributed by atoms with Gasteiger partial charge in [-0.1, -0.05) is 24.1 Å². The van der Waals surface area contributed by atoms with Crippen LogP contribution in [0, 0.1) is 11.8 Å². The zero-order chi connectivity index (χ0) is 16.1. The molecule has 7 nitrogen and oxygen atoms in total. The molecule has 0 radical (unpaired) electrons. The molecule has 0 atom stereocenters. The van der Waals surface area contributed by atoms with Gasteiger partial charge in [-0.2, -0.15) is 0 Å². The summed E-state index contributed by atoms with van der Waals surface area (Å²) in [5, 5.41) is 16.7. The molecule has 0 aliphatic heterocycles. The minimum atomic E-state index is -0.00759. The summed E-state index contributed by atoms with van der Waals surface area (Å²) < 4.78 is 5.62. The summed E-state index contributed by atoms with van der Waals surface area (Å²) in [5.41, 5.74) is 7.34. The highest BCUT2D eigenvalue weighted by atomic mass is 16.4. The lowest BCUT2D eigenvalue weighted by Gasteiger charge is -1.99. The summed E-state index contributed by atoms with van der Waals surface area (Å²) in [6, 6.07) is 9.39. The SMILES string of the molecule is Nc1ncc(C#CCCO)nc1-c1nnc(-c2ccccc2)o1. The molecular weight excluding hydrogens is 294 g/mol. The average molecular weight is 307 g/mol. The predicted octanol–water partition coefficient (Wildman–Crippen LogP) is 1.51. The van der Waals surface area contributed by atoms with Crippen LogP contribution in [0.2, 0.25) is 0 Å². The molecule has 0 amide bonds. The van der Waals surface area contributed by atoms with E-state index in [2.05, 4.69) is 32.0 Å². The average Bonchev–Trinajstić information content (AvgIpc) is 3.07. The number of aliphatic hydroxyl groups excluding tert-OH is 1. The van der Waals surface area contributed by atoms with Crippen molar-refractivity contribution >= 4 is 5.82 Å². The number of hydrogen-bond donors (Lipinski definition) is 2. The van der Waals surface area contributed by atoms with Gasteiger partial charge in [0, 0.05) is 12.0 Å². The molecule has 1 aromatic carbocycles. The molecule has 0 saturated carbocycles. The lowest BCUT2D eigenvalue weighted by atomic mass is 10.2. The lowest BCUT2D eigenvalue weighted by Crippen LogP contribution is -1.99. The number of aromatic nitrogens is 4. The van der Waals surface area contributed by atoms with Gasteiger partial charge < -0.3 is 15.3 Å². The first-order valence-electron chi connectivity index (χ1n) is 6.89. The Hall–Kier alpha value is -3.24. The molecule has 0 saturated heterocycles. The van der Waals surface area contributed by atoms with Crippen LogP contribution in [0.1, 0.15) is 12.1 Å². The van der Waals surface area contributed by atoms with Crippen LogP contribution in [0.25, 0.3) is 23.0 Å². The molecule has 3 aromatic rings.